The van der Waals surface area contributed by atoms with Crippen molar-refractivity contribution in [1.29, 1.82) is 0 Å². The molecule has 2 rings (SSSR count). The molecule has 0 aliphatic rings. The lowest BCUT2D eigenvalue weighted by Crippen LogP contribution is -2.26. The van der Waals surface area contributed by atoms with E-state index >= 15 is 0 Å². The van der Waals surface area contributed by atoms with Crippen LogP contribution in [0.4, 0.5) is 0 Å². The monoisotopic (exact) mass is 307 g/mol. The summed E-state index contributed by atoms with van der Waals surface area (Å²) in [5, 5.41) is 12.4. The first-order valence-electron chi connectivity index (χ1n) is 7.76. The van der Waals surface area contributed by atoms with E-state index in [1.165, 1.54) is 22.1 Å². The minimum Gasteiger partial charge on any atom is -0.304 e. The summed E-state index contributed by atoms with van der Waals surface area (Å²) in [4.78, 5) is 1.22. The molecule has 0 aromatic carbocycles. The van der Waals surface area contributed by atoms with Crippen molar-refractivity contribution in [2.24, 2.45) is 0 Å². The highest BCUT2D eigenvalue weighted by atomic mass is 32.1. The van der Waals surface area contributed by atoms with Gasteiger partial charge in [0.25, 0.3) is 0 Å². The zero-order chi connectivity index (χ0) is 15.2. The summed E-state index contributed by atoms with van der Waals surface area (Å²) in [6, 6.07) is 2.24. The van der Waals surface area contributed by atoms with Crippen molar-refractivity contribution in [3.05, 3.63) is 28.5 Å². The van der Waals surface area contributed by atoms with E-state index in [0.717, 1.165) is 31.6 Å². The van der Waals surface area contributed by atoms with Crippen LogP contribution in [-0.2, 0) is 6.54 Å². The molecule has 1 atom stereocenters. The highest BCUT2D eigenvalue weighted by Gasteiger charge is 2.24. The van der Waals surface area contributed by atoms with Gasteiger partial charge in [-0.15, -0.1) is 5.10 Å². The number of aromatic nitrogens is 4. The van der Waals surface area contributed by atoms with Crippen LogP contribution >= 0.6 is 11.5 Å². The molecule has 0 spiro atoms. The summed E-state index contributed by atoms with van der Waals surface area (Å²) < 4.78 is 6.27. The minimum atomic E-state index is 0.136. The zero-order valence-electron chi connectivity index (χ0n) is 13.3. The molecule has 0 aliphatic heterocycles. The van der Waals surface area contributed by atoms with Crippen LogP contribution in [0.15, 0.2) is 12.3 Å². The SMILES string of the molecule is CCCNC(c1snnc1C(C)C)c1ccnn1CCC. The Bertz CT molecular complexity index is 546. The first kappa shape index (κ1) is 16.1. The standard InChI is InChI=1S/C15H25N5S/c1-5-8-16-14(12-7-9-17-20(12)10-6-2)15-13(11(3)4)18-19-21-15/h7,9,11,14,16H,5-6,8,10H2,1-4H3. The van der Waals surface area contributed by atoms with Crippen LogP contribution < -0.4 is 5.32 Å². The number of aryl methyl sites for hydroxylation is 1. The van der Waals surface area contributed by atoms with Gasteiger partial charge in [0, 0.05) is 12.7 Å². The van der Waals surface area contributed by atoms with Crippen molar-refractivity contribution in [1.82, 2.24) is 24.7 Å². The third-order valence-electron chi connectivity index (χ3n) is 3.43. The fraction of sp³-hybridized carbons (Fsp3) is 0.667. The van der Waals surface area contributed by atoms with Gasteiger partial charge in [-0.1, -0.05) is 32.2 Å². The van der Waals surface area contributed by atoms with Crippen LogP contribution in [0.2, 0.25) is 0 Å². The molecule has 2 aromatic rings. The number of nitrogens with one attached hydrogen (secondary N) is 1. The van der Waals surface area contributed by atoms with Gasteiger partial charge in [0.05, 0.1) is 22.3 Å². The Hall–Kier alpha value is -1.27. The molecule has 0 amide bonds. The van der Waals surface area contributed by atoms with Gasteiger partial charge in [-0.3, -0.25) is 4.68 Å². The molecule has 2 heterocycles. The second kappa shape index (κ2) is 7.66. The summed E-state index contributed by atoms with van der Waals surface area (Å²) in [6.07, 6.45) is 4.06. The van der Waals surface area contributed by atoms with Crippen molar-refractivity contribution in [3.8, 4) is 0 Å². The van der Waals surface area contributed by atoms with E-state index in [-0.39, 0.29) is 6.04 Å². The third kappa shape index (κ3) is 3.68. The average molecular weight is 307 g/mol. The first-order chi connectivity index (χ1) is 10.2. The molecule has 0 saturated carbocycles. The number of hydrogen-bond acceptors (Lipinski definition) is 5. The van der Waals surface area contributed by atoms with E-state index in [0.29, 0.717) is 5.92 Å². The molecule has 0 aliphatic carbocycles. The molecule has 2 aromatic heterocycles. The fourth-order valence-electron chi connectivity index (χ4n) is 2.41. The average Bonchev–Trinajstić information content (AvgIpc) is 3.10. The number of nitrogens with zero attached hydrogens (tertiary/aromatic N) is 4. The predicted molar refractivity (Wildman–Crippen MR) is 86.7 cm³/mol. The second-order valence-corrected chi connectivity index (χ2v) is 6.33. The number of hydrogen-bond donors (Lipinski definition) is 1. The van der Waals surface area contributed by atoms with E-state index in [4.69, 9.17) is 0 Å². The Morgan fingerprint density at radius 3 is 2.76 bits per heavy atom. The highest BCUT2D eigenvalue weighted by molar-refractivity contribution is 7.05. The Labute approximate surface area is 130 Å². The van der Waals surface area contributed by atoms with E-state index in [9.17, 15) is 0 Å². The summed E-state index contributed by atoms with van der Waals surface area (Å²) in [5.74, 6) is 0.382. The Morgan fingerprint density at radius 1 is 1.29 bits per heavy atom. The summed E-state index contributed by atoms with van der Waals surface area (Å²) >= 11 is 1.50. The van der Waals surface area contributed by atoms with Gasteiger partial charge in [-0.05, 0) is 42.9 Å². The van der Waals surface area contributed by atoms with Gasteiger partial charge < -0.3 is 5.32 Å². The van der Waals surface area contributed by atoms with Crippen LogP contribution in [0, 0.1) is 0 Å². The Morgan fingerprint density at radius 2 is 2.10 bits per heavy atom. The van der Waals surface area contributed by atoms with Crippen molar-refractivity contribution in [2.75, 3.05) is 6.54 Å². The Balaban J connectivity index is 2.37. The van der Waals surface area contributed by atoms with Crippen LogP contribution in [-0.4, -0.2) is 25.9 Å². The van der Waals surface area contributed by atoms with Crippen LogP contribution in [0.25, 0.3) is 0 Å². The zero-order valence-corrected chi connectivity index (χ0v) is 14.2. The molecular formula is C15H25N5S. The minimum absolute atomic E-state index is 0.136. The highest BCUT2D eigenvalue weighted by Crippen LogP contribution is 2.30. The summed E-state index contributed by atoms with van der Waals surface area (Å²) in [7, 11) is 0. The predicted octanol–water partition coefficient (Wildman–Crippen LogP) is 3.36. The molecule has 5 nitrogen and oxygen atoms in total. The van der Waals surface area contributed by atoms with E-state index < -0.39 is 0 Å². The molecule has 116 valence electrons. The van der Waals surface area contributed by atoms with Crippen LogP contribution in [0.3, 0.4) is 0 Å². The molecule has 6 heteroatoms. The number of rotatable bonds is 8. The maximum atomic E-state index is 4.46. The Kier molecular flexibility index (Phi) is 5.87. The molecular weight excluding hydrogens is 282 g/mol. The first-order valence-corrected chi connectivity index (χ1v) is 8.53. The van der Waals surface area contributed by atoms with Gasteiger partial charge in [-0.25, -0.2) is 0 Å². The molecule has 0 saturated heterocycles. The van der Waals surface area contributed by atoms with Gasteiger partial charge in [0.2, 0.25) is 0 Å². The molecule has 1 N–H and O–H groups in total. The molecule has 0 radical (unpaired) electrons. The van der Waals surface area contributed by atoms with Crippen molar-refractivity contribution < 1.29 is 0 Å². The summed E-state index contributed by atoms with van der Waals surface area (Å²) in [5.41, 5.74) is 2.30. The normalized spacial score (nSPS) is 13.0. The maximum Gasteiger partial charge on any atom is 0.0877 e. The van der Waals surface area contributed by atoms with Crippen LogP contribution in [0.1, 0.15) is 68.8 Å². The van der Waals surface area contributed by atoms with Crippen molar-refractivity contribution in [2.45, 2.75) is 59.0 Å². The van der Waals surface area contributed by atoms with Gasteiger partial charge in [0.15, 0.2) is 0 Å². The van der Waals surface area contributed by atoms with Gasteiger partial charge in [0.1, 0.15) is 0 Å². The van der Waals surface area contributed by atoms with Crippen LogP contribution in [0.5, 0.6) is 0 Å². The molecule has 21 heavy (non-hydrogen) atoms. The van der Waals surface area contributed by atoms with E-state index in [2.05, 4.69) is 58.4 Å². The van der Waals surface area contributed by atoms with Crippen molar-refractivity contribution in [3.63, 3.8) is 0 Å². The van der Waals surface area contributed by atoms with E-state index in [1.54, 1.807) is 0 Å². The lowest BCUT2D eigenvalue weighted by atomic mass is 10.0. The third-order valence-corrected chi connectivity index (χ3v) is 4.23. The van der Waals surface area contributed by atoms with E-state index in [1.807, 2.05) is 6.20 Å². The quantitative estimate of drug-likeness (QED) is 0.812. The molecule has 0 bridgehead atoms. The molecule has 0 fully saturated rings. The smallest absolute Gasteiger partial charge is 0.0877 e. The van der Waals surface area contributed by atoms with Gasteiger partial charge in [-0.2, -0.15) is 5.10 Å². The summed E-state index contributed by atoms with van der Waals surface area (Å²) in [6.45, 7) is 10.6. The topological polar surface area (TPSA) is 55.6 Å². The largest absolute Gasteiger partial charge is 0.304 e. The maximum absolute atomic E-state index is 4.46. The lowest BCUT2D eigenvalue weighted by Gasteiger charge is -2.20. The lowest BCUT2D eigenvalue weighted by molar-refractivity contribution is 0.512. The molecule has 1 unspecified atom stereocenters. The second-order valence-electron chi connectivity index (χ2n) is 5.54. The van der Waals surface area contributed by atoms with Gasteiger partial charge >= 0.3 is 0 Å². The fourth-order valence-corrected chi connectivity index (χ4v) is 3.31. The van der Waals surface area contributed by atoms with Crippen molar-refractivity contribution >= 4 is 11.5 Å².